The number of hydrogen-bond donors (Lipinski definition) is 0. The van der Waals surface area contributed by atoms with Gasteiger partial charge in [0.2, 0.25) is 5.43 Å². The predicted molar refractivity (Wildman–Crippen MR) is 91.0 cm³/mol. The Morgan fingerprint density at radius 2 is 2.08 bits per heavy atom. The summed E-state index contributed by atoms with van der Waals surface area (Å²) in [4.78, 5) is 28.4. The van der Waals surface area contributed by atoms with Crippen LogP contribution in [0.1, 0.15) is 6.23 Å². The van der Waals surface area contributed by atoms with Crippen LogP contribution in [0.25, 0.3) is 27.2 Å². The molecule has 1 aromatic carbocycles. The van der Waals surface area contributed by atoms with Gasteiger partial charge in [0.15, 0.2) is 11.7 Å². The second-order valence-electron chi connectivity index (χ2n) is 6.00. The van der Waals surface area contributed by atoms with Crippen LogP contribution in [0.4, 0.5) is 5.82 Å². The van der Waals surface area contributed by atoms with Crippen molar-refractivity contribution in [3.05, 3.63) is 62.4 Å². The summed E-state index contributed by atoms with van der Waals surface area (Å²) in [5.74, 6) is -0.124. The average molecular weight is 336 g/mol. The molecule has 1 aliphatic rings. The lowest BCUT2D eigenvalue weighted by Crippen LogP contribution is -2.23. The summed E-state index contributed by atoms with van der Waals surface area (Å²) in [6.07, 6.45) is 1.49. The Labute approximate surface area is 139 Å². The summed E-state index contributed by atoms with van der Waals surface area (Å²) in [6.45, 7) is 0.472. The minimum absolute atomic E-state index is 0.124. The number of methoxy groups -OCH3 is 1. The minimum Gasteiger partial charge on any atom is -0.359 e. The normalized spacial score (nSPS) is 16.6. The van der Waals surface area contributed by atoms with Crippen molar-refractivity contribution in [1.29, 1.82) is 0 Å². The van der Waals surface area contributed by atoms with Crippen molar-refractivity contribution in [1.82, 2.24) is 8.97 Å². The van der Waals surface area contributed by atoms with Gasteiger partial charge in [-0.15, -0.1) is 0 Å². The summed E-state index contributed by atoms with van der Waals surface area (Å²) in [5, 5.41) is 13.4. The van der Waals surface area contributed by atoms with E-state index < -0.39 is 4.92 Å². The SMILES string of the molecule is COC1CN=c2c3cccc4c3c(cn21)c(=O)c1ccc([N+](=O)[O-])n14. The van der Waals surface area contributed by atoms with E-state index in [0.29, 0.717) is 22.8 Å². The Bertz CT molecular complexity index is 1320. The molecule has 0 fully saturated rings. The molecule has 0 radical (unpaired) electrons. The zero-order chi connectivity index (χ0) is 17.3. The van der Waals surface area contributed by atoms with E-state index in [9.17, 15) is 14.9 Å². The molecular weight excluding hydrogens is 324 g/mol. The highest BCUT2D eigenvalue weighted by atomic mass is 16.6. The van der Waals surface area contributed by atoms with Crippen LogP contribution >= 0.6 is 0 Å². The topological polar surface area (TPSA) is 91.1 Å². The zero-order valence-corrected chi connectivity index (χ0v) is 13.2. The molecule has 1 aliphatic heterocycles. The van der Waals surface area contributed by atoms with Crippen LogP contribution in [-0.4, -0.2) is 27.5 Å². The van der Waals surface area contributed by atoms with Gasteiger partial charge in [0.1, 0.15) is 11.0 Å². The van der Waals surface area contributed by atoms with E-state index in [1.165, 1.54) is 16.5 Å². The molecule has 0 N–H and O–H groups in total. The van der Waals surface area contributed by atoms with Crippen molar-refractivity contribution in [2.75, 3.05) is 13.7 Å². The second-order valence-corrected chi connectivity index (χ2v) is 6.00. The molecule has 0 saturated heterocycles. The Morgan fingerprint density at radius 1 is 1.24 bits per heavy atom. The maximum absolute atomic E-state index is 13.0. The molecule has 0 amide bonds. The summed E-state index contributed by atoms with van der Waals surface area (Å²) >= 11 is 0. The molecule has 5 rings (SSSR count). The molecule has 25 heavy (non-hydrogen) atoms. The van der Waals surface area contributed by atoms with Gasteiger partial charge in [-0.05, 0) is 17.1 Å². The van der Waals surface area contributed by atoms with Crippen LogP contribution < -0.4 is 10.9 Å². The Morgan fingerprint density at radius 3 is 2.84 bits per heavy atom. The van der Waals surface area contributed by atoms with E-state index in [2.05, 4.69) is 4.99 Å². The van der Waals surface area contributed by atoms with Gasteiger partial charge in [-0.2, -0.15) is 4.40 Å². The largest absolute Gasteiger partial charge is 0.359 e. The summed E-state index contributed by atoms with van der Waals surface area (Å²) < 4.78 is 8.71. The van der Waals surface area contributed by atoms with Crippen LogP contribution in [0.2, 0.25) is 0 Å². The first-order chi connectivity index (χ1) is 12.1. The lowest BCUT2D eigenvalue weighted by Gasteiger charge is -2.14. The van der Waals surface area contributed by atoms with Gasteiger partial charge >= 0.3 is 5.82 Å². The number of rotatable bonds is 2. The van der Waals surface area contributed by atoms with Crippen molar-refractivity contribution >= 4 is 33.0 Å². The maximum atomic E-state index is 13.0. The van der Waals surface area contributed by atoms with Crippen LogP contribution in [0.15, 0.2) is 46.3 Å². The smallest absolute Gasteiger partial charge is 0.328 e. The maximum Gasteiger partial charge on any atom is 0.328 e. The Kier molecular flexibility index (Phi) is 2.62. The molecule has 4 aromatic rings. The second kappa shape index (κ2) is 4.64. The number of hydrogen-bond acceptors (Lipinski definition) is 5. The first-order valence-corrected chi connectivity index (χ1v) is 7.74. The number of benzene rings is 1. The van der Waals surface area contributed by atoms with Gasteiger partial charge in [-0.1, -0.05) is 12.1 Å². The Balaban J connectivity index is 2.11. The van der Waals surface area contributed by atoms with Gasteiger partial charge in [-0.3, -0.25) is 9.79 Å². The molecule has 3 aromatic heterocycles. The molecule has 0 saturated carbocycles. The lowest BCUT2D eigenvalue weighted by atomic mass is 10.1. The molecule has 8 nitrogen and oxygen atoms in total. The number of pyridine rings is 2. The highest BCUT2D eigenvalue weighted by molar-refractivity contribution is 6.09. The van der Waals surface area contributed by atoms with Crippen LogP contribution in [0.5, 0.6) is 0 Å². The molecule has 0 bridgehead atoms. The van der Waals surface area contributed by atoms with Gasteiger partial charge in [0, 0.05) is 30.1 Å². The third-order valence-electron chi connectivity index (χ3n) is 4.81. The fourth-order valence-corrected chi connectivity index (χ4v) is 3.74. The standard InChI is InChI=1S/C17H12N4O4/c1-25-14-7-18-17-9-3-2-4-11-15(9)10(8-19(14)17)16(22)12-5-6-13(20(11)12)21(23)24/h2-6,8,14H,7H2,1H3. The molecule has 1 atom stereocenters. The zero-order valence-electron chi connectivity index (χ0n) is 13.2. The number of nitrogens with zero attached hydrogens (tertiary/aromatic N) is 4. The number of ether oxygens (including phenoxy) is 1. The van der Waals surface area contributed by atoms with E-state index in [0.717, 1.165) is 10.9 Å². The average Bonchev–Trinajstić information content (AvgIpc) is 3.23. The van der Waals surface area contributed by atoms with Crippen LogP contribution in [-0.2, 0) is 4.74 Å². The molecule has 124 valence electrons. The summed E-state index contributed by atoms with van der Waals surface area (Å²) in [7, 11) is 1.60. The third kappa shape index (κ3) is 1.64. The van der Waals surface area contributed by atoms with E-state index in [1.54, 1.807) is 19.4 Å². The fourth-order valence-electron chi connectivity index (χ4n) is 3.74. The van der Waals surface area contributed by atoms with Gasteiger partial charge in [0.25, 0.3) is 0 Å². The molecular formula is C17H12N4O4. The first kappa shape index (κ1) is 14.1. The molecule has 0 spiro atoms. The molecule has 0 aliphatic carbocycles. The van der Waals surface area contributed by atoms with Gasteiger partial charge in [0.05, 0.1) is 11.9 Å². The minimum atomic E-state index is -0.478. The fraction of sp³-hybridized carbons (Fsp3) is 0.176. The highest BCUT2D eigenvalue weighted by Gasteiger charge is 2.25. The quantitative estimate of drug-likeness (QED) is 0.412. The van der Waals surface area contributed by atoms with Crippen molar-refractivity contribution in [2.45, 2.75) is 6.23 Å². The van der Waals surface area contributed by atoms with Crippen molar-refractivity contribution in [2.24, 2.45) is 4.99 Å². The van der Waals surface area contributed by atoms with Crippen molar-refractivity contribution < 1.29 is 9.66 Å². The monoisotopic (exact) mass is 336 g/mol. The highest BCUT2D eigenvalue weighted by Crippen LogP contribution is 2.29. The van der Waals surface area contributed by atoms with Crippen molar-refractivity contribution in [3.63, 3.8) is 0 Å². The predicted octanol–water partition coefficient (Wildman–Crippen LogP) is 1.81. The molecule has 1 unspecified atom stereocenters. The Hall–Kier alpha value is -3.26. The number of fused-ring (bicyclic) bond motifs is 4. The van der Waals surface area contributed by atoms with E-state index in [-0.39, 0.29) is 23.0 Å². The third-order valence-corrected chi connectivity index (χ3v) is 4.81. The number of nitro groups is 1. The van der Waals surface area contributed by atoms with E-state index in [1.807, 2.05) is 16.7 Å². The van der Waals surface area contributed by atoms with E-state index in [4.69, 9.17) is 4.74 Å². The molecule has 4 heterocycles. The van der Waals surface area contributed by atoms with Crippen molar-refractivity contribution in [3.8, 4) is 0 Å². The first-order valence-electron chi connectivity index (χ1n) is 7.74. The summed E-state index contributed by atoms with van der Waals surface area (Å²) in [6, 6.07) is 8.35. The van der Waals surface area contributed by atoms with Gasteiger partial charge in [-0.25, -0.2) is 0 Å². The van der Waals surface area contributed by atoms with E-state index >= 15 is 0 Å². The summed E-state index contributed by atoms with van der Waals surface area (Å²) in [5.41, 5.74) is 1.39. The molecule has 8 heteroatoms. The van der Waals surface area contributed by atoms with Gasteiger partial charge < -0.3 is 19.4 Å². The van der Waals surface area contributed by atoms with Crippen LogP contribution in [0.3, 0.4) is 0 Å². The van der Waals surface area contributed by atoms with Crippen LogP contribution in [0, 0.1) is 10.1 Å². The number of aromatic nitrogens is 2. The lowest BCUT2D eigenvalue weighted by molar-refractivity contribution is -0.390.